The third-order valence-electron chi connectivity index (χ3n) is 3.47. The Labute approximate surface area is 177 Å². The molecule has 3 N–H and O–H groups in total. The largest absolute Gasteiger partial charge is 0.488 e. The van der Waals surface area contributed by atoms with Gasteiger partial charge in [0, 0.05) is 25.6 Å². The molecule has 3 aromatic rings. The monoisotopic (exact) mass is 483 g/mol. The smallest absolute Gasteiger partial charge is 0.297 e. The maximum absolute atomic E-state index is 11.9. The molecule has 0 bridgehead atoms. The molecule has 2 aromatic carbocycles. The number of amides is 1. The van der Waals surface area contributed by atoms with E-state index in [1.165, 1.54) is 6.21 Å². The van der Waals surface area contributed by atoms with Crippen molar-refractivity contribution in [2.75, 3.05) is 5.73 Å². The molecule has 0 aliphatic heterocycles. The molecule has 144 valence electrons. The standard InChI is InChI=1S/C17H12BrCl2N5O3/c18-11-2-4-14(27-8-9-1-3-12(19)6-13(9)20)10(5-11)7-22-23-17(26)15-16(21)25-28-24-15/h1-7H,8H2,(H2,21,25)(H,23,26)/b22-7-. The van der Waals surface area contributed by atoms with Gasteiger partial charge in [0.1, 0.15) is 12.4 Å². The van der Waals surface area contributed by atoms with E-state index in [9.17, 15) is 4.79 Å². The van der Waals surface area contributed by atoms with E-state index in [1.807, 2.05) is 6.07 Å². The lowest BCUT2D eigenvalue weighted by molar-refractivity contribution is 0.0946. The molecule has 0 atom stereocenters. The Hall–Kier alpha value is -2.62. The predicted octanol–water partition coefficient (Wildman–Crippen LogP) is 4.06. The highest BCUT2D eigenvalue weighted by atomic mass is 79.9. The highest BCUT2D eigenvalue weighted by molar-refractivity contribution is 9.10. The molecule has 0 radical (unpaired) electrons. The second-order valence-electron chi connectivity index (χ2n) is 5.40. The van der Waals surface area contributed by atoms with E-state index in [1.54, 1.807) is 30.3 Å². The zero-order chi connectivity index (χ0) is 20.1. The van der Waals surface area contributed by atoms with Crippen LogP contribution in [0, 0.1) is 0 Å². The van der Waals surface area contributed by atoms with Crippen molar-refractivity contribution in [3.05, 3.63) is 67.7 Å². The summed E-state index contributed by atoms with van der Waals surface area (Å²) >= 11 is 15.5. The average Bonchev–Trinajstić information content (AvgIpc) is 3.08. The first-order chi connectivity index (χ1) is 13.4. The summed E-state index contributed by atoms with van der Waals surface area (Å²) in [6.07, 6.45) is 1.42. The van der Waals surface area contributed by atoms with Gasteiger partial charge in [-0.05, 0) is 40.6 Å². The van der Waals surface area contributed by atoms with E-state index < -0.39 is 5.91 Å². The van der Waals surface area contributed by atoms with Gasteiger partial charge in [-0.3, -0.25) is 4.79 Å². The molecule has 28 heavy (non-hydrogen) atoms. The molecule has 0 spiro atoms. The van der Waals surface area contributed by atoms with Crippen molar-refractivity contribution in [3.8, 4) is 5.75 Å². The van der Waals surface area contributed by atoms with Gasteiger partial charge in [-0.2, -0.15) is 5.10 Å². The Balaban J connectivity index is 1.71. The SMILES string of the molecule is Nc1nonc1C(=O)N/N=C\c1cc(Br)ccc1OCc1ccc(Cl)cc1Cl. The van der Waals surface area contributed by atoms with Crippen molar-refractivity contribution in [2.45, 2.75) is 6.61 Å². The minimum Gasteiger partial charge on any atom is -0.488 e. The normalized spacial score (nSPS) is 11.0. The molecule has 0 saturated carbocycles. The molecule has 0 fully saturated rings. The van der Waals surface area contributed by atoms with Gasteiger partial charge in [0.2, 0.25) is 11.5 Å². The van der Waals surface area contributed by atoms with Crippen molar-refractivity contribution in [1.29, 1.82) is 0 Å². The number of benzene rings is 2. The minimum absolute atomic E-state index is 0.126. The van der Waals surface area contributed by atoms with E-state index in [-0.39, 0.29) is 18.1 Å². The second kappa shape index (κ2) is 9.05. The first kappa shape index (κ1) is 20.1. The number of nitrogens with two attached hydrogens (primary N) is 1. The number of ether oxygens (including phenoxy) is 1. The third-order valence-corrected chi connectivity index (χ3v) is 4.55. The fourth-order valence-electron chi connectivity index (χ4n) is 2.11. The third kappa shape index (κ3) is 5.00. The number of halogens is 3. The van der Waals surface area contributed by atoms with E-state index in [0.29, 0.717) is 21.4 Å². The molecule has 0 unspecified atom stereocenters. The summed E-state index contributed by atoms with van der Waals surface area (Å²) in [6.45, 7) is 0.228. The number of aromatic nitrogens is 2. The highest BCUT2D eigenvalue weighted by Crippen LogP contribution is 2.25. The molecular formula is C17H12BrCl2N5O3. The summed E-state index contributed by atoms with van der Waals surface area (Å²) < 4.78 is 11.0. The van der Waals surface area contributed by atoms with Crippen LogP contribution in [0.1, 0.15) is 21.6 Å². The van der Waals surface area contributed by atoms with Gasteiger partial charge in [0.25, 0.3) is 5.91 Å². The Morgan fingerprint density at radius 2 is 2.11 bits per heavy atom. The first-order valence-corrected chi connectivity index (χ1v) is 9.26. The summed E-state index contributed by atoms with van der Waals surface area (Å²) in [6, 6.07) is 10.5. The summed E-state index contributed by atoms with van der Waals surface area (Å²) in [7, 11) is 0. The zero-order valence-corrected chi connectivity index (χ0v) is 17.1. The van der Waals surface area contributed by atoms with Gasteiger partial charge >= 0.3 is 0 Å². The molecule has 1 heterocycles. The number of rotatable bonds is 6. The van der Waals surface area contributed by atoms with Crippen LogP contribution in [0.3, 0.4) is 0 Å². The Bertz CT molecular complexity index is 1040. The average molecular weight is 485 g/mol. The lowest BCUT2D eigenvalue weighted by Crippen LogP contribution is -2.19. The van der Waals surface area contributed by atoms with Crippen molar-refractivity contribution in [3.63, 3.8) is 0 Å². The van der Waals surface area contributed by atoms with Gasteiger partial charge in [0.15, 0.2) is 0 Å². The minimum atomic E-state index is -0.652. The Morgan fingerprint density at radius 3 is 2.82 bits per heavy atom. The summed E-state index contributed by atoms with van der Waals surface area (Å²) in [5, 5.41) is 11.7. The number of hydrogen-bond donors (Lipinski definition) is 2. The van der Waals surface area contributed by atoms with Crippen molar-refractivity contribution < 1.29 is 14.2 Å². The Morgan fingerprint density at radius 1 is 1.29 bits per heavy atom. The fourth-order valence-corrected chi connectivity index (χ4v) is 2.95. The van der Waals surface area contributed by atoms with E-state index in [0.717, 1.165) is 10.0 Å². The van der Waals surface area contributed by atoms with Crippen LogP contribution in [0.25, 0.3) is 0 Å². The van der Waals surface area contributed by atoms with Gasteiger partial charge in [-0.25, -0.2) is 10.1 Å². The second-order valence-corrected chi connectivity index (χ2v) is 7.16. The summed E-state index contributed by atoms with van der Waals surface area (Å²) in [5.41, 5.74) is 8.99. The van der Waals surface area contributed by atoms with Crippen molar-refractivity contribution in [2.24, 2.45) is 5.10 Å². The van der Waals surface area contributed by atoms with Crippen molar-refractivity contribution >= 4 is 57.1 Å². The molecule has 8 nitrogen and oxygen atoms in total. The van der Waals surface area contributed by atoms with E-state index >= 15 is 0 Å². The molecule has 0 saturated heterocycles. The van der Waals surface area contributed by atoms with Crippen LogP contribution in [0.4, 0.5) is 5.82 Å². The van der Waals surface area contributed by atoms with Crippen LogP contribution < -0.4 is 15.9 Å². The van der Waals surface area contributed by atoms with Gasteiger partial charge in [-0.1, -0.05) is 45.2 Å². The molecule has 3 rings (SSSR count). The number of nitrogen functional groups attached to an aromatic ring is 1. The van der Waals surface area contributed by atoms with E-state index in [4.69, 9.17) is 33.7 Å². The van der Waals surface area contributed by atoms with Crippen molar-refractivity contribution in [1.82, 2.24) is 15.7 Å². The lowest BCUT2D eigenvalue weighted by Gasteiger charge is -2.11. The molecule has 0 aliphatic carbocycles. The van der Waals surface area contributed by atoms with Crippen LogP contribution >= 0.6 is 39.1 Å². The Kier molecular flexibility index (Phi) is 6.50. The van der Waals surface area contributed by atoms with Crippen LogP contribution in [-0.2, 0) is 6.61 Å². The van der Waals surface area contributed by atoms with Crippen LogP contribution in [0.15, 0.2) is 50.6 Å². The number of hydrazone groups is 1. The zero-order valence-electron chi connectivity index (χ0n) is 14.0. The van der Waals surface area contributed by atoms with Crippen LogP contribution in [0.2, 0.25) is 10.0 Å². The van der Waals surface area contributed by atoms with Gasteiger partial charge < -0.3 is 10.5 Å². The van der Waals surface area contributed by atoms with Crippen LogP contribution in [0.5, 0.6) is 5.75 Å². The lowest BCUT2D eigenvalue weighted by atomic mass is 10.2. The summed E-state index contributed by atoms with van der Waals surface area (Å²) in [5.74, 6) is -0.241. The van der Waals surface area contributed by atoms with Crippen LogP contribution in [-0.4, -0.2) is 22.4 Å². The first-order valence-electron chi connectivity index (χ1n) is 7.72. The fraction of sp³-hybridized carbons (Fsp3) is 0.0588. The van der Waals surface area contributed by atoms with Gasteiger partial charge in [-0.15, -0.1) is 0 Å². The van der Waals surface area contributed by atoms with E-state index in [2.05, 4.69) is 41.4 Å². The highest BCUT2D eigenvalue weighted by Gasteiger charge is 2.15. The topological polar surface area (TPSA) is 116 Å². The molecular weight excluding hydrogens is 473 g/mol. The number of anilines is 1. The summed E-state index contributed by atoms with van der Waals surface area (Å²) in [4.78, 5) is 11.9. The maximum Gasteiger partial charge on any atom is 0.297 e. The number of nitrogens with one attached hydrogen (secondary N) is 1. The molecule has 1 amide bonds. The molecule has 1 aromatic heterocycles. The quantitative estimate of drug-likeness (QED) is 0.402. The number of carbonyl (C=O) groups excluding carboxylic acids is 1. The predicted molar refractivity (Wildman–Crippen MR) is 109 cm³/mol. The molecule has 0 aliphatic rings. The number of nitrogens with zero attached hydrogens (tertiary/aromatic N) is 3. The maximum atomic E-state index is 11.9. The number of hydrogen-bond acceptors (Lipinski definition) is 7. The van der Waals surface area contributed by atoms with Gasteiger partial charge in [0.05, 0.1) is 6.21 Å². The molecule has 11 heteroatoms. The number of carbonyl (C=O) groups is 1.